The molecule has 0 fully saturated rings. The first-order valence-corrected chi connectivity index (χ1v) is 9.43. The molecule has 0 radical (unpaired) electrons. The fourth-order valence-electron chi connectivity index (χ4n) is 2.75. The lowest BCUT2D eigenvalue weighted by Gasteiger charge is -2.17. The highest BCUT2D eigenvalue weighted by molar-refractivity contribution is 7.89. The maximum Gasteiger partial charge on any atom is 0.241 e. The summed E-state index contributed by atoms with van der Waals surface area (Å²) in [6.07, 6.45) is 0.777. The summed E-state index contributed by atoms with van der Waals surface area (Å²) < 4.78 is 39.2. The van der Waals surface area contributed by atoms with Crippen molar-refractivity contribution in [3.63, 3.8) is 0 Å². The van der Waals surface area contributed by atoms with Gasteiger partial charge in [-0.3, -0.25) is 0 Å². The smallest absolute Gasteiger partial charge is 0.241 e. The minimum atomic E-state index is -3.66. The van der Waals surface area contributed by atoms with Crippen molar-refractivity contribution in [3.05, 3.63) is 53.6 Å². The normalized spacial score (nSPS) is 15.6. The van der Waals surface area contributed by atoms with Crippen LogP contribution in [0.4, 0.5) is 0 Å². The fourth-order valence-corrected chi connectivity index (χ4v) is 3.99. The van der Waals surface area contributed by atoms with E-state index < -0.39 is 10.0 Å². The van der Waals surface area contributed by atoms with Gasteiger partial charge in [0.25, 0.3) is 0 Å². The number of ether oxygens (including phenoxy) is 2. The first kappa shape index (κ1) is 16.8. The van der Waals surface area contributed by atoms with Gasteiger partial charge < -0.3 is 9.47 Å². The number of rotatable bonds is 4. The molecule has 1 atom stereocenters. The summed E-state index contributed by atoms with van der Waals surface area (Å²) in [5.74, 6) is 1.05. The highest BCUT2D eigenvalue weighted by Gasteiger charge is 2.22. The number of sulfonamides is 1. The van der Waals surface area contributed by atoms with E-state index in [1.54, 1.807) is 12.1 Å². The van der Waals surface area contributed by atoms with Crippen LogP contribution < -0.4 is 14.2 Å². The molecule has 0 spiro atoms. The Morgan fingerprint density at radius 3 is 2.50 bits per heavy atom. The van der Waals surface area contributed by atoms with Crippen LogP contribution in [0.15, 0.2) is 47.4 Å². The summed E-state index contributed by atoms with van der Waals surface area (Å²) in [4.78, 5) is 0.173. The average molecular weight is 347 g/mol. The Bertz CT molecular complexity index is 833. The van der Waals surface area contributed by atoms with Gasteiger partial charge in [-0.25, -0.2) is 13.1 Å². The summed E-state index contributed by atoms with van der Waals surface area (Å²) in [5.41, 5.74) is 2.00. The number of aryl methyl sites for hydroxylation is 1. The minimum absolute atomic E-state index is 0.173. The zero-order valence-electron chi connectivity index (χ0n) is 13.8. The SMILES string of the molecule is Cc1ccccc1[C@@H](C)NS(=O)(=O)c1ccc2c(c1)OCCCO2. The molecule has 0 saturated heterocycles. The van der Waals surface area contributed by atoms with Crippen molar-refractivity contribution in [2.24, 2.45) is 0 Å². The van der Waals surface area contributed by atoms with Gasteiger partial charge in [0.1, 0.15) is 0 Å². The van der Waals surface area contributed by atoms with E-state index in [-0.39, 0.29) is 10.9 Å². The van der Waals surface area contributed by atoms with Crippen LogP contribution in [0, 0.1) is 6.92 Å². The number of hydrogen-bond acceptors (Lipinski definition) is 4. The predicted molar refractivity (Wildman–Crippen MR) is 92.0 cm³/mol. The third-order valence-electron chi connectivity index (χ3n) is 4.02. The van der Waals surface area contributed by atoms with Gasteiger partial charge in [0.05, 0.1) is 18.1 Å². The maximum absolute atomic E-state index is 12.7. The summed E-state index contributed by atoms with van der Waals surface area (Å²) in [6.45, 7) is 4.89. The number of fused-ring (bicyclic) bond motifs is 1. The molecule has 1 N–H and O–H groups in total. The van der Waals surface area contributed by atoms with Crippen molar-refractivity contribution >= 4 is 10.0 Å². The van der Waals surface area contributed by atoms with Crippen molar-refractivity contribution in [1.82, 2.24) is 4.72 Å². The van der Waals surface area contributed by atoms with E-state index in [0.29, 0.717) is 24.7 Å². The Labute approximate surface area is 142 Å². The van der Waals surface area contributed by atoms with E-state index in [2.05, 4.69) is 4.72 Å². The van der Waals surface area contributed by atoms with Crippen LogP contribution in [0.25, 0.3) is 0 Å². The van der Waals surface area contributed by atoms with E-state index >= 15 is 0 Å². The molecule has 5 nitrogen and oxygen atoms in total. The molecule has 24 heavy (non-hydrogen) atoms. The largest absolute Gasteiger partial charge is 0.490 e. The van der Waals surface area contributed by atoms with Gasteiger partial charge in [-0.15, -0.1) is 0 Å². The number of nitrogens with one attached hydrogen (secondary N) is 1. The first-order valence-electron chi connectivity index (χ1n) is 7.95. The molecule has 1 heterocycles. The molecular formula is C18H21NO4S. The van der Waals surface area contributed by atoms with E-state index in [1.807, 2.05) is 38.1 Å². The molecule has 128 valence electrons. The van der Waals surface area contributed by atoms with Crippen LogP contribution in [0.1, 0.15) is 30.5 Å². The van der Waals surface area contributed by atoms with Crippen LogP contribution in [-0.4, -0.2) is 21.6 Å². The van der Waals surface area contributed by atoms with Gasteiger partial charge in [-0.05, 0) is 37.1 Å². The molecule has 0 saturated carbocycles. The Balaban J connectivity index is 1.85. The number of benzene rings is 2. The van der Waals surface area contributed by atoms with Gasteiger partial charge >= 0.3 is 0 Å². The third-order valence-corrected chi connectivity index (χ3v) is 5.55. The lowest BCUT2D eigenvalue weighted by Crippen LogP contribution is -2.27. The summed E-state index contributed by atoms with van der Waals surface area (Å²) >= 11 is 0. The zero-order valence-corrected chi connectivity index (χ0v) is 14.6. The van der Waals surface area contributed by atoms with E-state index in [0.717, 1.165) is 17.5 Å². The van der Waals surface area contributed by atoms with Crippen LogP contribution in [0.5, 0.6) is 11.5 Å². The molecule has 0 aromatic heterocycles. The zero-order chi connectivity index (χ0) is 17.2. The molecule has 0 amide bonds. The average Bonchev–Trinajstić information content (AvgIpc) is 2.79. The van der Waals surface area contributed by atoms with Crippen LogP contribution >= 0.6 is 0 Å². The number of hydrogen-bond donors (Lipinski definition) is 1. The Morgan fingerprint density at radius 2 is 1.75 bits per heavy atom. The predicted octanol–water partition coefficient (Wildman–Crippen LogP) is 3.20. The lowest BCUT2D eigenvalue weighted by molar-refractivity contribution is 0.297. The molecule has 0 aliphatic carbocycles. The molecule has 3 rings (SSSR count). The highest BCUT2D eigenvalue weighted by Crippen LogP contribution is 2.32. The Kier molecular flexibility index (Phi) is 4.78. The van der Waals surface area contributed by atoms with Crippen molar-refractivity contribution < 1.29 is 17.9 Å². The van der Waals surface area contributed by atoms with Crippen molar-refractivity contribution in [2.75, 3.05) is 13.2 Å². The molecular weight excluding hydrogens is 326 g/mol. The summed E-state index contributed by atoms with van der Waals surface area (Å²) in [7, 11) is -3.66. The standard InChI is InChI=1S/C18H21NO4S/c1-13-6-3-4-7-16(13)14(2)19-24(20,21)15-8-9-17-18(12-15)23-11-5-10-22-17/h3-4,6-9,12,14,19H,5,10-11H2,1-2H3/t14-/m1/s1. The fraction of sp³-hybridized carbons (Fsp3) is 0.333. The van der Waals surface area contributed by atoms with E-state index in [9.17, 15) is 8.42 Å². The van der Waals surface area contributed by atoms with Crippen LogP contribution in [0.2, 0.25) is 0 Å². The van der Waals surface area contributed by atoms with Gasteiger partial charge in [0.2, 0.25) is 10.0 Å². The molecule has 0 bridgehead atoms. The first-order chi connectivity index (χ1) is 11.5. The molecule has 2 aromatic carbocycles. The molecule has 2 aromatic rings. The van der Waals surface area contributed by atoms with Crippen LogP contribution in [-0.2, 0) is 10.0 Å². The minimum Gasteiger partial charge on any atom is -0.490 e. The Hall–Kier alpha value is -2.05. The van der Waals surface area contributed by atoms with Crippen LogP contribution in [0.3, 0.4) is 0 Å². The van der Waals surface area contributed by atoms with E-state index in [4.69, 9.17) is 9.47 Å². The van der Waals surface area contributed by atoms with Crippen molar-refractivity contribution in [2.45, 2.75) is 31.2 Å². The molecule has 1 aliphatic rings. The van der Waals surface area contributed by atoms with Gasteiger partial charge in [-0.1, -0.05) is 24.3 Å². The monoisotopic (exact) mass is 347 g/mol. The lowest BCUT2D eigenvalue weighted by atomic mass is 10.0. The third kappa shape index (κ3) is 3.55. The maximum atomic E-state index is 12.7. The summed E-state index contributed by atoms with van der Waals surface area (Å²) in [5, 5.41) is 0. The van der Waals surface area contributed by atoms with Crippen molar-refractivity contribution in [1.29, 1.82) is 0 Å². The summed E-state index contributed by atoms with van der Waals surface area (Å²) in [6, 6.07) is 12.1. The molecule has 0 unspecified atom stereocenters. The topological polar surface area (TPSA) is 64.6 Å². The molecule has 6 heteroatoms. The van der Waals surface area contributed by atoms with Crippen molar-refractivity contribution in [3.8, 4) is 11.5 Å². The second kappa shape index (κ2) is 6.83. The molecule has 1 aliphatic heterocycles. The van der Waals surface area contributed by atoms with Gasteiger partial charge in [0, 0.05) is 18.5 Å². The van der Waals surface area contributed by atoms with Gasteiger partial charge in [0.15, 0.2) is 11.5 Å². The van der Waals surface area contributed by atoms with Gasteiger partial charge in [-0.2, -0.15) is 0 Å². The Morgan fingerprint density at radius 1 is 1.04 bits per heavy atom. The quantitative estimate of drug-likeness (QED) is 0.922. The second-order valence-corrected chi connectivity index (χ2v) is 7.57. The second-order valence-electron chi connectivity index (χ2n) is 5.86. The van der Waals surface area contributed by atoms with E-state index in [1.165, 1.54) is 6.07 Å². The highest BCUT2D eigenvalue weighted by atomic mass is 32.2.